The molecule has 0 saturated carbocycles. The first-order valence-corrected chi connectivity index (χ1v) is 19.0. The highest BCUT2D eigenvalue weighted by atomic mass is 15.4. The molecule has 0 amide bonds. The molecule has 1 aliphatic rings. The zero-order valence-electron chi connectivity index (χ0n) is 28.3. The third-order valence-corrected chi connectivity index (χ3v) is 9.32. The smallest absolute Gasteiger partial charge is 0.101 e. The minimum Gasteiger partial charge on any atom is -0.356 e. The molecule has 0 saturated heterocycles. The molecule has 238 valence electrons. The summed E-state index contributed by atoms with van der Waals surface area (Å²) >= 11 is 0. The van der Waals surface area contributed by atoms with Crippen molar-refractivity contribution < 1.29 is 0 Å². The van der Waals surface area contributed by atoms with E-state index in [-0.39, 0.29) is 0 Å². The summed E-state index contributed by atoms with van der Waals surface area (Å²) in [5.74, 6) is 0. The van der Waals surface area contributed by atoms with Gasteiger partial charge in [-0.15, -0.1) is 0 Å². The Morgan fingerprint density at radius 1 is 0.325 bits per heavy atom. The molecule has 1 atom stereocenters. The van der Waals surface area contributed by atoms with Gasteiger partial charge in [0.1, 0.15) is 6.17 Å². The Kier molecular flexibility index (Phi) is 27.9. The van der Waals surface area contributed by atoms with Gasteiger partial charge in [-0.3, -0.25) is 0 Å². The first-order valence-electron chi connectivity index (χ1n) is 19.0. The van der Waals surface area contributed by atoms with E-state index in [1.165, 1.54) is 206 Å². The Hall–Kier alpha value is -0.660. The standard InChI is InChI=1S/C38H76N2/c1-4-7-10-13-16-19-20-23-26-29-32-35-40-37-36-39(34-31-28-25-22-18-15-12-9-6-3)38(40)33-30-27-24-21-17-14-11-8-5-2/h36-38H,4-35H2,1-3H3. The Labute approximate surface area is 254 Å². The fourth-order valence-electron chi connectivity index (χ4n) is 6.54. The summed E-state index contributed by atoms with van der Waals surface area (Å²) in [5.41, 5.74) is 0. The predicted octanol–water partition coefficient (Wildman–Crippen LogP) is 13.2. The lowest BCUT2D eigenvalue weighted by Crippen LogP contribution is -2.39. The summed E-state index contributed by atoms with van der Waals surface area (Å²) in [7, 11) is 0. The molecule has 0 spiro atoms. The second kappa shape index (κ2) is 29.8. The molecule has 0 aromatic rings. The van der Waals surface area contributed by atoms with Crippen molar-refractivity contribution in [2.75, 3.05) is 13.1 Å². The zero-order chi connectivity index (χ0) is 28.8. The van der Waals surface area contributed by atoms with E-state index >= 15 is 0 Å². The van der Waals surface area contributed by atoms with Gasteiger partial charge in [-0.2, -0.15) is 0 Å². The highest BCUT2D eigenvalue weighted by molar-refractivity contribution is 4.97. The molecule has 0 aromatic carbocycles. The first-order chi connectivity index (χ1) is 19.8. The molecule has 40 heavy (non-hydrogen) atoms. The summed E-state index contributed by atoms with van der Waals surface area (Å²) in [5, 5.41) is 0. The van der Waals surface area contributed by atoms with Gasteiger partial charge in [-0.25, -0.2) is 0 Å². The van der Waals surface area contributed by atoms with E-state index in [0.717, 1.165) is 0 Å². The van der Waals surface area contributed by atoms with Crippen molar-refractivity contribution in [1.82, 2.24) is 9.80 Å². The molecule has 1 aliphatic heterocycles. The van der Waals surface area contributed by atoms with Crippen molar-refractivity contribution in [3.05, 3.63) is 12.4 Å². The maximum Gasteiger partial charge on any atom is 0.101 e. The molecule has 0 bridgehead atoms. The summed E-state index contributed by atoms with van der Waals surface area (Å²) in [6, 6.07) is 0. The van der Waals surface area contributed by atoms with Crippen LogP contribution in [0, 0.1) is 0 Å². The van der Waals surface area contributed by atoms with E-state index < -0.39 is 0 Å². The highest BCUT2D eigenvalue weighted by Gasteiger charge is 2.24. The van der Waals surface area contributed by atoms with Crippen LogP contribution in [0.15, 0.2) is 12.4 Å². The summed E-state index contributed by atoms with van der Waals surface area (Å²) in [6.07, 6.45) is 48.4. The van der Waals surface area contributed by atoms with Crippen molar-refractivity contribution >= 4 is 0 Å². The lowest BCUT2D eigenvalue weighted by molar-refractivity contribution is 0.135. The Balaban J connectivity index is 2.24. The fraction of sp³-hybridized carbons (Fsp3) is 0.947. The van der Waals surface area contributed by atoms with Gasteiger partial charge in [0.05, 0.1) is 0 Å². The van der Waals surface area contributed by atoms with Crippen LogP contribution in [0.2, 0.25) is 0 Å². The highest BCUT2D eigenvalue weighted by Crippen LogP contribution is 2.24. The SMILES string of the molecule is CCCCCCCCCCCCCN1C=CN(CCCCCCCCCCC)C1CCCCCCCCCCC. The van der Waals surface area contributed by atoms with Crippen LogP contribution in [0.5, 0.6) is 0 Å². The van der Waals surface area contributed by atoms with Crippen molar-refractivity contribution in [3.8, 4) is 0 Å². The summed E-state index contributed by atoms with van der Waals surface area (Å²) < 4.78 is 0. The van der Waals surface area contributed by atoms with Gasteiger partial charge in [0, 0.05) is 25.5 Å². The summed E-state index contributed by atoms with van der Waals surface area (Å²) in [4.78, 5) is 5.43. The third-order valence-electron chi connectivity index (χ3n) is 9.32. The Bertz CT molecular complexity index is 516. The molecule has 0 radical (unpaired) electrons. The van der Waals surface area contributed by atoms with Gasteiger partial charge in [0.2, 0.25) is 0 Å². The van der Waals surface area contributed by atoms with Crippen LogP contribution in [0.1, 0.15) is 213 Å². The normalized spacial score (nSPS) is 15.1. The number of unbranched alkanes of at least 4 members (excludes halogenated alkanes) is 26. The Morgan fingerprint density at radius 3 is 0.875 bits per heavy atom. The molecule has 0 N–H and O–H groups in total. The maximum absolute atomic E-state index is 2.71. The molecule has 2 nitrogen and oxygen atoms in total. The van der Waals surface area contributed by atoms with Crippen LogP contribution < -0.4 is 0 Å². The average molecular weight is 561 g/mol. The van der Waals surface area contributed by atoms with Gasteiger partial charge < -0.3 is 9.80 Å². The minimum absolute atomic E-state index is 0.640. The van der Waals surface area contributed by atoms with Crippen LogP contribution in [-0.4, -0.2) is 29.1 Å². The monoisotopic (exact) mass is 561 g/mol. The van der Waals surface area contributed by atoms with E-state index in [1.807, 2.05) is 0 Å². The number of rotatable bonds is 32. The molecule has 1 unspecified atom stereocenters. The molecule has 0 fully saturated rings. The molecule has 1 heterocycles. The molecule has 0 aromatic heterocycles. The van der Waals surface area contributed by atoms with Crippen LogP contribution in [0.3, 0.4) is 0 Å². The van der Waals surface area contributed by atoms with Crippen molar-refractivity contribution in [3.63, 3.8) is 0 Å². The van der Waals surface area contributed by atoms with Gasteiger partial charge >= 0.3 is 0 Å². The second-order valence-corrected chi connectivity index (χ2v) is 13.2. The predicted molar refractivity (Wildman–Crippen MR) is 182 cm³/mol. The zero-order valence-corrected chi connectivity index (χ0v) is 28.3. The quantitative estimate of drug-likeness (QED) is 0.0755. The second-order valence-electron chi connectivity index (χ2n) is 13.2. The molecule has 2 heteroatoms. The lowest BCUT2D eigenvalue weighted by Gasteiger charge is -2.33. The van der Waals surface area contributed by atoms with E-state index in [9.17, 15) is 0 Å². The van der Waals surface area contributed by atoms with Gasteiger partial charge in [-0.05, 0) is 25.7 Å². The molecule has 0 aliphatic carbocycles. The number of hydrogen-bond donors (Lipinski definition) is 0. The van der Waals surface area contributed by atoms with Crippen molar-refractivity contribution in [1.29, 1.82) is 0 Å². The van der Waals surface area contributed by atoms with Crippen LogP contribution in [-0.2, 0) is 0 Å². The third kappa shape index (κ3) is 22.0. The first kappa shape index (κ1) is 37.4. The largest absolute Gasteiger partial charge is 0.356 e. The number of hydrogen-bond acceptors (Lipinski definition) is 2. The van der Waals surface area contributed by atoms with E-state index in [1.54, 1.807) is 0 Å². The minimum atomic E-state index is 0.640. The van der Waals surface area contributed by atoms with Crippen LogP contribution >= 0.6 is 0 Å². The molecule has 1 rings (SSSR count). The average Bonchev–Trinajstić information content (AvgIpc) is 3.35. The van der Waals surface area contributed by atoms with Crippen LogP contribution in [0.25, 0.3) is 0 Å². The Morgan fingerprint density at radius 2 is 0.575 bits per heavy atom. The topological polar surface area (TPSA) is 6.48 Å². The van der Waals surface area contributed by atoms with Gasteiger partial charge in [0.25, 0.3) is 0 Å². The van der Waals surface area contributed by atoms with Crippen molar-refractivity contribution in [2.45, 2.75) is 220 Å². The van der Waals surface area contributed by atoms with E-state index in [4.69, 9.17) is 0 Å². The van der Waals surface area contributed by atoms with Crippen molar-refractivity contribution in [2.24, 2.45) is 0 Å². The van der Waals surface area contributed by atoms with Gasteiger partial charge in [0.15, 0.2) is 0 Å². The molecular weight excluding hydrogens is 484 g/mol. The number of nitrogens with zero attached hydrogens (tertiary/aromatic N) is 2. The van der Waals surface area contributed by atoms with E-state index in [0.29, 0.717) is 6.17 Å². The lowest BCUT2D eigenvalue weighted by atomic mass is 10.0. The summed E-state index contributed by atoms with van der Waals surface area (Å²) in [6.45, 7) is 9.48. The molecular formula is C38H76N2. The van der Waals surface area contributed by atoms with Crippen LogP contribution in [0.4, 0.5) is 0 Å². The van der Waals surface area contributed by atoms with Gasteiger partial charge in [-0.1, -0.05) is 188 Å². The fourth-order valence-corrected chi connectivity index (χ4v) is 6.54. The maximum atomic E-state index is 2.71. The van der Waals surface area contributed by atoms with E-state index in [2.05, 4.69) is 43.0 Å².